The standard InChI is InChI=1S/C23H20Cl2O3/c1-14(15-2-7-18(24)8-3-15)12-21(16-4-9-19(25)10-5-16)17-6-11-20(23(27)28)22(26)13-17/h2-11,13-14,21,26H,12H2,1H3,(H,27,28). The van der Waals surface area contributed by atoms with Crippen molar-refractivity contribution in [1.29, 1.82) is 0 Å². The summed E-state index contributed by atoms with van der Waals surface area (Å²) in [6.07, 6.45) is 0.773. The third-order valence-corrected chi connectivity index (χ3v) is 5.46. The van der Waals surface area contributed by atoms with Gasteiger partial charge in [-0.15, -0.1) is 0 Å². The Kier molecular flexibility index (Phi) is 6.28. The van der Waals surface area contributed by atoms with Crippen molar-refractivity contribution in [1.82, 2.24) is 0 Å². The zero-order valence-electron chi connectivity index (χ0n) is 15.3. The van der Waals surface area contributed by atoms with E-state index in [9.17, 15) is 15.0 Å². The second-order valence-electron chi connectivity index (χ2n) is 6.87. The van der Waals surface area contributed by atoms with Crippen LogP contribution in [-0.2, 0) is 0 Å². The minimum absolute atomic E-state index is 0.0308. The lowest BCUT2D eigenvalue weighted by Gasteiger charge is -2.23. The zero-order valence-corrected chi connectivity index (χ0v) is 16.8. The summed E-state index contributed by atoms with van der Waals surface area (Å²) in [5.41, 5.74) is 2.96. The molecule has 0 saturated heterocycles. The van der Waals surface area contributed by atoms with Crippen LogP contribution in [0.1, 0.15) is 52.2 Å². The molecular weight excluding hydrogens is 395 g/mol. The van der Waals surface area contributed by atoms with Gasteiger partial charge in [0.25, 0.3) is 0 Å². The average Bonchev–Trinajstić information content (AvgIpc) is 2.67. The van der Waals surface area contributed by atoms with E-state index in [0.717, 1.165) is 23.1 Å². The first-order valence-electron chi connectivity index (χ1n) is 8.92. The Labute approximate surface area is 174 Å². The molecule has 3 aromatic rings. The Bertz CT molecular complexity index is 966. The smallest absolute Gasteiger partial charge is 0.339 e. The first kappa shape index (κ1) is 20.2. The van der Waals surface area contributed by atoms with E-state index >= 15 is 0 Å². The molecule has 5 heteroatoms. The lowest BCUT2D eigenvalue weighted by atomic mass is 9.81. The molecule has 3 nitrogen and oxygen atoms in total. The number of halogens is 2. The molecule has 144 valence electrons. The van der Waals surface area contributed by atoms with Crippen molar-refractivity contribution in [2.24, 2.45) is 0 Å². The van der Waals surface area contributed by atoms with Gasteiger partial charge < -0.3 is 10.2 Å². The second kappa shape index (κ2) is 8.68. The molecule has 0 saturated carbocycles. The van der Waals surface area contributed by atoms with Crippen molar-refractivity contribution in [3.8, 4) is 5.75 Å². The van der Waals surface area contributed by atoms with Crippen molar-refractivity contribution in [2.75, 3.05) is 0 Å². The highest BCUT2D eigenvalue weighted by Crippen LogP contribution is 2.37. The molecule has 0 aliphatic carbocycles. The molecule has 3 rings (SSSR count). The molecule has 0 radical (unpaired) electrons. The van der Waals surface area contributed by atoms with Gasteiger partial charge in [-0.25, -0.2) is 4.79 Å². The Morgan fingerprint density at radius 2 is 1.36 bits per heavy atom. The summed E-state index contributed by atoms with van der Waals surface area (Å²) in [5.74, 6) is -1.19. The van der Waals surface area contributed by atoms with Crippen LogP contribution in [0.15, 0.2) is 66.7 Å². The Balaban J connectivity index is 1.97. The third-order valence-electron chi connectivity index (χ3n) is 4.96. The summed E-state index contributed by atoms with van der Waals surface area (Å²) in [6.45, 7) is 2.14. The number of carbonyl (C=O) groups is 1. The van der Waals surface area contributed by atoms with E-state index in [1.807, 2.05) is 48.5 Å². The molecule has 0 aliphatic heterocycles. The number of aromatic hydroxyl groups is 1. The van der Waals surface area contributed by atoms with Crippen LogP contribution in [0.2, 0.25) is 10.0 Å². The molecule has 0 bridgehead atoms. The fraction of sp³-hybridized carbons (Fsp3) is 0.174. The van der Waals surface area contributed by atoms with Gasteiger partial charge in [-0.2, -0.15) is 0 Å². The Morgan fingerprint density at radius 1 is 0.857 bits per heavy atom. The largest absolute Gasteiger partial charge is 0.507 e. The fourth-order valence-electron chi connectivity index (χ4n) is 3.39. The maximum atomic E-state index is 11.2. The third kappa shape index (κ3) is 4.67. The number of rotatable bonds is 6. The fourth-order valence-corrected chi connectivity index (χ4v) is 3.64. The van der Waals surface area contributed by atoms with Gasteiger partial charge in [-0.05, 0) is 65.4 Å². The van der Waals surface area contributed by atoms with Crippen molar-refractivity contribution < 1.29 is 15.0 Å². The molecule has 0 amide bonds. The molecular formula is C23H20Cl2O3. The van der Waals surface area contributed by atoms with E-state index < -0.39 is 5.97 Å². The number of carboxylic acids is 1. The predicted octanol–water partition coefficient (Wildman–Crippen LogP) is 6.72. The lowest BCUT2D eigenvalue weighted by molar-refractivity contribution is 0.0693. The maximum Gasteiger partial charge on any atom is 0.339 e. The number of benzene rings is 3. The minimum Gasteiger partial charge on any atom is -0.507 e. The van der Waals surface area contributed by atoms with Gasteiger partial charge in [-0.3, -0.25) is 0 Å². The first-order valence-corrected chi connectivity index (χ1v) is 9.68. The van der Waals surface area contributed by atoms with E-state index in [2.05, 4.69) is 6.92 Å². The highest BCUT2D eigenvalue weighted by atomic mass is 35.5. The number of phenols is 1. The van der Waals surface area contributed by atoms with Crippen molar-refractivity contribution in [3.63, 3.8) is 0 Å². The van der Waals surface area contributed by atoms with Gasteiger partial charge in [-0.1, -0.05) is 60.5 Å². The van der Waals surface area contributed by atoms with Gasteiger partial charge in [0.1, 0.15) is 11.3 Å². The summed E-state index contributed by atoms with van der Waals surface area (Å²) >= 11 is 12.0. The summed E-state index contributed by atoms with van der Waals surface area (Å²) in [7, 11) is 0. The molecule has 0 spiro atoms. The second-order valence-corrected chi connectivity index (χ2v) is 7.75. The van der Waals surface area contributed by atoms with Crippen LogP contribution in [0.4, 0.5) is 0 Å². The normalized spacial score (nSPS) is 13.1. The number of hydrogen-bond acceptors (Lipinski definition) is 2. The lowest BCUT2D eigenvalue weighted by Crippen LogP contribution is -2.07. The predicted molar refractivity (Wildman–Crippen MR) is 113 cm³/mol. The molecule has 0 fully saturated rings. The molecule has 0 aliphatic rings. The average molecular weight is 415 g/mol. The molecule has 3 aromatic carbocycles. The number of carboxylic acid groups (broad SMARTS) is 1. The Morgan fingerprint density at radius 3 is 1.86 bits per heavy atom. The van der Waals surface area contributed by atoms with Gasteiger partial charge in [0.05, 0.1) is 0 Å². The summed E-state index contributed by atoms with van der Waals surface area (Å²) in [6, 6.07) is 20.1. The molecule has 2 atom stereocenters. The zero-order chi connectivity index (χ0) is 20.3. The van der Waals surface area contributed by atoms with Crippen LogP contribution in [0.25, 0.3) is 0 Å². The topological polar surface area (TPSA) is 57.5 Å². The highest BCUT2D eigenvalue weighted by molar-refractivity contribution is 6.30. The van der Waals surface area contributed by atoms with Crippen molar-refractivity contribution in [2.45, 2.75) is 25.2 Å². The molecule has 28 heavy (non-hydrogen) atoms. The van der Waals surface area contributed by atoms with Gasteiger partial charge in [0, 0.05) is 16.0 Å². The van der Waals surface area contributed by atoms with Gasteiger partial charge >= 0.3 is 5.97 Å². The van der Waals surface area contributed by atoms with Crippen LogP contribution in [-0.4, -0.2) is 16.2 Å². The summed E-state index contributed by atoms with van der Waals surface area (Å²) in [5, 5.41) is 20.7. The maximum absolute atomic E-state index is 11.2. The molecule has 0 heterocycles. The molecule has 2 N–H and O–H groups in total. The van der Waals surface area contributed by atoms with E-state index in [4.69, 9.17) is 23.2 Å². The van der Waals surface area contributed by atoms with Crippen LogP contribution < -0.4 is 0 Å². The SMILES string of the molecule is CC(CC(c1ccc(Cl)cc1)c1ccc(C(=O)O)c(O)c1)c1ccc(Cl)cc1. The van der Waals surface area contributed by atoms with Crippen LogP contribution in [0.3, 0.4) is 0 Å². The number of aromatic carboxylic acids is 1. The number of hydrogen-bond donors (Lipinski definition) is 2. The monoisotopic (exact) mass is 414 g/mol. The highest BCUT2D eigenvalue weighted by Gasteiger charge is 2.21. The summed E-state index contributed by atoms with van der Waals surface area (Å²) in [4.78, 5) is 11.2. The van der Waals surface area contributed by atoms with Crippen molar-refractivity contribution >= 4 is 29.2 Å². The molecule has 0 aromatic heterocycles. The van der Waals surface area contributed by atoms with Gasteiger partial charge in [0.2, 0.25) is 0 Å². The van der Waals surface area contributed by atoms with Crippen LogP contribution in [0, 0.1) is 0 Å². The summed E-state index contributed by atoms with van der Waals surface area (Å²) < 4.78 is 0. The van der Waals surface area contributed by atoms with Gasteiger partial charge in [0.15, 0.2) is 0 Å². The quantitative estimate of drug-likeness (QED) is 0.470. The Hall–Kier alpha value is -2.49. The van der Waals surface area contributed by atoms with E-state index in [-0.39, 0.29) is 23.1 Å². The molecule has 2 unspecified atom stereocenters. The van der Waals surface area contributed by atoms with E-state index in [1.54, 1.807) is 6.07 Å². The van der Waals surface area contributed by atoms with Crippen molar-refractivity contribution in [3.05, 3.63) is 99.0 Å². The van der Waals surface area contributed by atoms with E-state index in [0.29, 0.717) is 10.0 Å². The minimum atomic E-state index is -1.15. The van der Waals surface area contributed by atoms with E-state index in [1.165, 1.54) is 12.1 Å². The van der Waals surface area contributed by atoms with Crippen LogP contribution >= 0.6 is 23.2 Å². The first-order chi connectivity index (χ1) is 13.3. The van der Waals surface area contributed by atoms with Crippen LogP contribution in [0.5, 0.6) is 5.75 Å².